The summed E-state index contributed by atoms with van der Waals surface area (Å²) in [5, 5.41) is 2.78. The first kappa shape index (κ1) is 14.8. The summed E-state index contributed by atoms with van der Waals surface area (Å²) in [6.07, 6.45) is 1.69. The Kier molecular flexibility index (Phi) is 4.06. The third kappa shape index (κ3) is 2.92. The number of ether oxygens (including phenoxy) is 1. The highest BCUT2D eigenvalue weighted by Gasteiger charge is 2.33. The molecule has 0 saturated carbocycles. The molecule has 0 saturated heterocycles. The van der Waals surface area contributed by atoms with Crippen LogP contribution in [0.1, 0.15) is 11.1 Å². The standard InChI is InChI=1S/C19H15NO3/c1-23-19(22)16-15(12-13-8-4-2-5-9-13)18(21)20-17(16)14-10-6-3-7-11-14/h2-12H,1H3,(H,20,21)/b15-12+. The van der Waals surface area contributed by atoms with E-state index in [4.69, 9.17) is 4.74 Å². The van der Waals surface area contributed by atoms with Gasteiger partial charge in [-0.05, 0) is 17.2 Å². The number of carbonyl (C=O) groups is 2. The van der Waals surface area contributed by atoms with E-state index in [1.807, 2.05) is 60.7 Å². The van der Waals surface area contributed by atoms with Crippen LogP contribution in [0.25, 0.3) is 11.8 Å². The normalized spacial score (nSPS) is 15.7. The Morgan fingerprint density at radius 1 is 1.00 bits per heavy atom. The Morgan fingerprint density at radius 3 is 2.22 bits per heavy atom. The van der Waals surface area contributed by atoms with Gasteiger partial charge < -0.3 is 10.1 Å². The molecule has 1 heterocycles. The van der Waals surface area contributed by atoms with Gasteiger partial charge in [0, 0.05) is 0 Å². The third-order valence-electron chi connectivity index (χ3n) is 3.57. The lowest BCUT2D eigenvalue weighted by Gasteiger charge is -2.05. The van der Waals surface area contributed by atoms with E-state index in [9.17, 15) is 9.59 Å². The Hall–Kier alpha value is -3.14. The summed E-state index contributed by atoms with van der Waals surface area (Å²) in [6, 6.07) is 18.6. The van der Waals surface area contributed by atoms with Crippen molar-refractivity contribution in [3.8, 4) is 0 Å². The highest BCUT2D eigenvalue weighted by atomic mass is 16.5. The maximum absolute atomic E-state index is 12.4. The van der Waals surface area contributed by atoms with E-state index in [1.54, 1.807) is 6.08 Å². The van der Waals surface area contributed by atoms with Gasteiger partial charge in [-0.25, -0.2) is 4.79 Å². The summed E-state index contributed by atoms with van der Waals surface area (Å²) >= 11 is 0. The molecule has 4 nitrogen and oxygen atoms in total. The van der Waals surface area contributed by atoms with Crippen LogP contribution < -0.4 is 5.32 Å². The molecule has 0 radical (unpaired) electrons. The first-order chi connectivity index (χ1) is 11.2. The predicted octanol–water partition coefficient (Wildman–Crippen LogP) is 2.78. The second-order valence-corrected chi connectivity index (χ2v) is 5.03. The van der Waals surface area contributed by atoms with Crippen LogP contribution >= 0.6 is 0 Å². The number of methoxy groups -OCH3 is 1. The molecule has 2 aromatic rings. The number of esters is 1. The Labute approximate surface area is 134 Å². The minimum Gasteiger partial charge on any atom is -0.465 e. The number of hydrogen-bond donors (Lipinski definition) is 1. The highest BCUT2D eigenvalue weighted by Crippen LogP contribution is 2.30. The lowest BCUT2D eigenvalue weighted by molar-refractivity contribution is -0.136. The van der Waals surface area contributed by atoms with E-state index < -0.39 is 5.97 Å². The summed E-state index contributed by atoms with van der Waals surface area (Å²) < 4.78 is 4.87. The molecule has 1 N–H and O–H groups in total. The SMILES string of the molecule is COC(=O)C1=C(c2ccccc2)NC(=O)/C1=C/c1ccccc1. The Bertz CT molecular complexity index is 805. The Morgan fingerprint density at radius 2 is 1.61 bits per heavy atom. The topological polar surface area (TPSA) is 55.4 Å². The van der Waals surface area contributed by atoms with Crippen LogP contribution in [0.4, 0.5) is 0 Å². The molecule has 1 aliphatic heterocycles. The minimum absolute atomic E-state index is 0.257. The van der Waals surface area contributed by atoms with Gasteiger partial charge in [0.05, 0.1) is 24.0 Å². The molecule has 114 valence electrons. The largest absolute Gasteiger partial charge is 0.465 e. The summed E-state index contributed by atoms with van der Waals surface area (Å²) in [4.78, 5) is 24.6. The molecule has 0 fully saturated rings. The molecule has 2 aromatic carbocycles. The molecule has 1 aliphatic rings. The predicted molar refractivity (Wildman–Crippen MR) is 87.9 cm³/mol. The first-order valence-corrected chi connectivity index (χ1v) is 7.17. The van der Waals surface area contributed by atoms with E-state index in [0.29, 0.717) is 11.3 Å². The number of nitrogens with one attached hydrogen (secondary N) is 1. The quantitative estimate of drug-likeness (QED) is 0.701. The van der Waals surface area contributed by atoms with Gasteiger partial charge in [0.15, 0.2) is 0 Å². The van der Waals surface area contributed by atoms with Crippen LogP contribution in [0.15, 0.2) is 71.8 Å². The number of rotatable bonds is 3. The molecule has 4 heteroatoms. The molecule has 0 spiro atoms. The van der Waals surface area contributed by atoms with Gasteiger partial charge in [0.1, 0.15) is 0 Å². The molecule has 1 amide bonds. The van der Waals surface area contributed by atoms with Crippen molar-refractivity contribution in [2.24, 2.45) is 0 Å². The van der Waals surface area contributed by atoms with Crippen molar-refractivity contribution in [1.29, 1.82) is 0 Å². The average Bonchev–Trinajstić information content (AvgIpc) is 2.92. The lowest BCUT2D eigenvalue weighted by atomic mass is 10.0. The van der Waals surface area contributed by atoms with Crippen LogP contribution in [0, 0.1) is 0 Å². The molecule has 0 aromatic heterocycles. The summed E-state index contributed by atoms with van der Waals surface area (Å²) in [6.45, 7) is 0. The number of benzene rings is 2. The van der Waals surface area contributed by atoms with E-state index >= 15 is 0 Å². The first-order valence-electron chi connectivity index (χ1n) is 7.17. The smallest absolute Gasteiger partial charge is 0.340 e. The third-order valence-corrected chi connectivity index (χ3v) is 3.57. The van der Waals surface area contributed by atoms with Gasteiger partial charge in [-0.15, -0.1) is 0 Å². The van der Waals surface area contributed by atoms with Gasteiger partial charge >= 0.3 is 5.97 Å². The molecule has 0 aliphatic carbocycles. The summed E-state index contributed by atoms with van der Waals surface area (Å²) in [5.74, 6) is -0.850. The van der Waals surface area contributed by atoms with Crippen LogP contribution in [0.3, 0.4) is 0 Å². The van der Waals surface area contributed by atoms with Gasteiger partial charge in [-0.1, -0.05) is 60.7 Å². The number of carbonyl (C=O) groups excluding carboxylic acids is 2. The van der Waals surface area contributed by atoms with Gasteiger partial charge in [0.25, 0.3) is 5.91 Å². The number of hydrogen-bond acceptors (Lipinski definition) is 3. The van der Waals surface area contributed by atoms with Crippen molar-refractivity contribution in [2.45, 2.75) is 0 Å². The molecule has 0 bridgehead atoms. The van der Waals surface area contributed by atoms with Crippen molar-refractivity contribution in [3.05, 3.63) is 82.9 Å². The second kappa shape index (κ2) is 6.32. The van der Waals surface area contributed by atoms with E-state index in [-0.39, 0.29) is 11.5 Å². The van der Waals surface area contributed by atoms with E-state index in [0.717, 1.165) is 11.1 Å². The fraction of sp³-hybridized carbons (Fsp3) is 0.0526. The van der Waals surface area contributed by atoms with Crippen molar-refractivity contribution in [1.82, 2.24) is 5.32 Å². The zero-order valence-corrected chi connectivity index (χ0v) is 12.6. The molecular weight excluding hydrogens is 290 g/mol. The number of amides is 1. The fourth-order valence-electron chi connectivity index (χ4n) is 2.48. The van der Waals surface area contributed by atoms with Crippen LogP contribution in [-0.4, -0.2) is 19.0 Å². The fourth-order valence-corrected chi connectivity index (χ4v) is 2.48. The van der Waals surface area contributed by atoms with Crippen LogP contribution in [-0.2, 0) is 14.3 Å². The van der Waals surface area contributed by atoms with Crippen LogP contribution in [0.5, 0.6) is 0 Å². The molecule has 23 heavy (non-hydrogen) atoms. The van der Waals surface area contributed by atoms with Gasteiger partial charge in [-0.3, -0.25) is 4.79 Å². The summed E-state index contributed by atoms with van der Waals surface area (Å²) in [7, 11) is 1.31. The highest BCUT2D eigenvalue weighted by molar-refractivity contribution is 6.22. The summed E-state index contributed by atoms with van der Waals surface area (Å²) in [5.41, 5.74) is 2.64. The van der Waals surface area contributed by atoms with Gasteiger partial charge in [0.2, 0.25) is 0 Å². The maximum Gasteiger partial charge on any atom is 0.340 e. The zero-order chi connectivity index (χ0) is 16.2. The second-order valence-electron chi connectivity index (χ2n) is 5.03. The maximum atomic E-state index is 12.4. The van der Waals surface area contributed by atoms with Crippen molar-refractivity contribution in [3.63, 3.8) is 0 Å². The van der Waals surface area contributed by atoms with Crippen molar-refractivity contribution >= 4 is 23.6 Å². The van der Waals surface area contributed by atoms with E-state index in [1.165, 1.54) is 7.11 Å². The molecule has 0 atom stereocenters. The van der Waals surface area contributed by atoms with Crippen molar-refractivity contribution < 1.29 is 14.3 Å². The van der Waals surface area contributed by atoms with Gasteiger partial charge in [-0.2, -0.15) is 0 Å². The van der Waals surface area contributed by atoms with Crippen molar-refractivity contribution in [2.75, 3.05) is 7.11 Å². The molecule has 0 unspecified atom stereocenters. The Balaban J connectivity index is 2.15. The molecule has 3 rings (SSSR count). The molecular formula is C19H15NO3. The monoisotopic (exact) mass is 305 g/mol. The zero-order valence-electron chi connectivity index (χ0n) is 12.6. The average molecular weight is 305 g/mol. The van der Waals surface area contributed by atoms with Crippen LogP contribution in [0.2, 0.25) is 0 Å². The minimum atomic E-state index is -0.538. The van der Waals surface area contributed by atoms with E-state index in [2.05, 4.69) is 5.32 Å². The lowest BCUT2D eigenvalue weighted by Crippen LogP contribution is -2.15.